The number of hydrogen-bond donors (Lipinski definition) is 0. The summed E-state index contributed by atoms with van der Waals surface area (Å²) in [5, 5.41) is 5.88. The molecule has 0 spiro atoms. The molecule has 0 nitrogen and oxygen atoms in total. The third-order valence-electron chi connectivity index (χ3n) is 14.7. The van der Waals surface area contributed by atoms with E-state index in [1.807, 2.05) is 0 Å². The predicted molar refractivity (Wildman–Crippen MR) is 268 cm³/mol. The molecule has 0 radical (unpaired) electrons. The Morgan fingerprint density at radius 3 is 0.758 bits per heavy atom. The summed E-state index contributed by atoms with van der Waals surface area (Å²) in [5.74, 6) is 0. The van der Waals surface area contributed by atoms with Gasteiger partial charge in [0.25, 0.3) is 0 Å². The zero-order valence-electron chi connectivity index (χ0n) is 34.6. The van der Waals surface area contributed by atoms with Crippen molar-refractivity contribution in [3.8, 4) is 11.1 Å². The Morgan fingerprint density at radius 1 is 0.226 bits per heavy atom. The van der Waals surface area contributed by atoms with Crippen LogP contribution in [0.5, 0.6) is 0 Å². The maximum Gasteiger partial charge on any atom is 0.139 e. The molecule has 12 rings (SSSR count). The Bertz CT molecular complexity index is 2750. The zero-order valence-corrected chi connectivity index (χ0v) is 36.6. The van der Waals surface area contributed by atoms with Gasteiger partial charge in [0.2, 0.25) is 0 Å². The van der Waals surface area contributed by atoms with Gasteiger partial charge < -0.3 is 0 Å². The van der Waals surface area contributed by atoms with Crippen molar-refractivity contribution in [2.24, 2.45) is 0 Å². The summed E-state index contributed by atoms with van der Waals surface area (Å²) in [5.41, 5.74) is 14.8. The average Bonchev–Trinajstić information content (AvgIpc) is 4.18. The summed E-state index contributed by atoms with van der Waals surface area (Å²) in [6.45, 7) is 0. The van der Waals surface area contributed by atoms with Crippen LogP contribution in [0.15, 0.2) is 231 Å². The Balaban J connectivity index is 1.00. The summed E-state index contributed by atoms with van der Waals surface area (Å²) >= 11 is 0. The summed E-state index contributed by atoms with van der Waals surface area (Å²) in [7, 11) is -5.30. The first-order valence-corrected chi connectivity index (χ1v) is 26.5. The maximum atomic E-state index is 2.53. The molecule has 0 saturated heterocycles. The van der Waals surface area contributed by atoms with Crippen molar-refractivity contribution < 1.29 is 0 Å². The summed E-state index contributed by atoms with van der Waals surface area (Å²) in [6.07, 6.45) is 19.6. The molecule has 0 aromatic heterocycles. The molecule has 62 heavy (non-hydrogen) atoms. The monoisotopic (exact) mass is 822 g/mol. The summed E-state index contributed by atoms with van der Waals surface area (Å²) < 4.78 is 0. The van der Waals surface area contributed by atoms with E-state index in [-0.39, 0.29) is 22.2 Å². The van der Waals surface area contributed by atoms with Gasteiger partial charge in [-0.05, 0) is 55.6 Å². The highest BCUT2D eigenvalue weighted by Gasteiger charge is 2.54. The fraction of sp³-hybridized carbons (Fsp3) is 0.0667. The first kappa shape index (κ1) is 37.0. The van der Waals surface area contributed by atoms with Gasteiger partial charge in [-0.25, -0.2) is 0 Å². The van der Waals surface area contributed by atoms with Crippen LogP contribution in [0.4, 0.5) is 0 Å². The molecule has 4 aliphatic rings. The number of rotatable bonds is 9. The SMILES string of the molecule is C1=CC([Si](c2ccccc2)(c2ccc(-c3ccc([Si](c4ccccc4)(C4C=Cc5ccccc54)C4C=Cc5ccccc54)cc3)cc2)C2C=Cc3ccccc32)c2ccccc21. The van der Waals surface area contributed by atoms with Crippen LogP contribution in [-0.4, -0.2) is 16.1 Å². The molecule has 0 heterocycles. The fourth-order valence-corrected chi connectivity index (χ4v) is 23.9. The summed E-state index contributed by atoms with van der Waals surface area (Å²) in [6, 6.07) is 79.0. The van der Waals surface area contributed by atoms with E-state index in [4.69, 9.17) is 0 Å². The Hall–Kier alpha value is -6.85. The highest BCUT2D eigenvalue weighted by atomic mass is 28.3. The van der Waals surface area contributed by atoms with Gasteiger partial charge in [0.05, 0.1) is 0 Å². The molecule has 0 N–H and O–H groups in total. The Labute approximate surface area is 367 Å². The van der Waals surface area contributed by atoms with Gasteiger partial charge in [-0.3, -0.25) is 0 Å². The molecule has 2 heteroatoms. The van der Waals surface area contributed by atoms with Crippen molar-refractivity contribution in [3.05, 3.63) is 275 Å². The second-order valence-electron chi connectivity index (χ2n) is 17.5. The van der Waals surface area contributed by atoms with E-state index in [1.54, 1.807) is 0 Å². The highest BCUT2D eigenvalue weighted by molar-refractivity contribution is 7.05. The standard InChI is InChI=1S/C60H46Si2/c1-3-19-49(20-4-1)61(57-39-31-45-15-7-11-23-53(45)57,58-40-32-46-16-8-12-24-54(46)58)51-35-27-43(28-36-51)44-29-37-52(38-30-44)62(50-21-5-2-6-22-50,59-41-33-47-17-9-13-25-55(47)59)60-42-34-48-18-10-14-26-56(48)60/h1-42,57-60H. The van der Waals surface area contributed by atoms with Crippen molar-refractivity contribution in [3.63, 3.8) is 0 Å². The van der Waals surface area contributed by atoms with Gasteiger partial charge in [0.15, 0.2) is 0 Å². The van der Waals surface area contributed by atoms with Crippen LogP contribution in [0.1, 0.15) is 66.7 Å². The molecule has 4 unspecified atom stereocenters. The molecule has 294 valence electrons. The molecule has 0 amide bonds. The van der Waals surface area contributed by atoms with E-state index in [1.165, 1.54) is 76.4 Å². The second kappa shape index (κ2) is 15.0. The van der Waals surface area contributed by atoms with Crippen molar-refractivity contribution in [2.45, 2.75) is 22.2 Å². The van der Waals surface area contributed by atoms with Gasteiger partial charge >= 0.3 is 0 Å². The van der Waals surface area contributed by atoms with E-state index in [2.05, 4.69) is 255 Å². The Kier molecular flexibility index (Phi) is 8.91. The van der Waals surface area contributed by atoms with Crippen LogP contribution < -0.4 is 20.7 Å². The molecule has 0 fully saturated rings. The summed E-state index contributed by atoms with van der Waals surface area (Å²) in [4.78, 5) is 0. The van der Waals surface area contributed by atoms with E-state index < -0.39 is 16.1 Å². The van der Waals surface area contributed by atoms with Crippen molar-refractivity contribution in [1.82, 2.24) is 0 Å². The maximum absolute atomic E-state index is 2.65. The number of hydrogen-bond acceptors (Lipinski definition) is 0. The zero-order chi connectivity index (χ0) is 41.1. The lowest BCUT2D eigenvalue weighted by molar-refractivity contribution is 1.07. The number of benzene rings is 8. The normalized spacial score (nSPS) is 20.6. The van der Waals surface area contributed by atoms with Crippen molar-refractivity contribution >= 4 is 61.2 Å². The van der Waals surface area contributed by atoms with Crippen LogP contribution >= 0.6 is 0 Å². The lowest BCUT2D eigenvalue weighted by Crippen LogP contribution is -2.66. The minimum absolute atomic E-state index is 0.285. The van der Waals surface area contributed by atoms with Gasteiger partial charge in [-0.2, -0.15) is 0 Å². The van der Waals surface area contributed by atoms with Gasteiger partial charge in [0.1, 0.15) is 16.1 Å². The van der Waals surface area contributed by atoms with Gasteiger partial charge in [-0.15, -0.1) is 0 Å². The Morgan fingerprint density at radius 2 is 0.468 bits per heavy atom. The molecular weight excluding hydrogens is 777 g/mol. The van der Waals surface area contributed by atoms with E-state index in [0.29, 0.717) is 0 Å². The van der Waals surface area contributed by atoms with E-state index in [0.717, 1.165) is 0 Å². The molecule has 0 bridgehead atoms. The predicted octanol–water partition coefficient (Wildman–Crippen LogP) is 11.9. The number of fused-ring (bicyclic) bond motifs is 4. The lowest BCUT2D eigenvalue weighted by Gasteiger charge is -2.43. The van der Waals surface area contributed by atoms with Crippen LogP contribution in [0.3, 0.4) is 0 Å². The third-order valence-corrected chi connectivity index (χ3v) is 25.8. The number of allylic oxidation sites excluding steroid dienone is 4. The molecule has 8 aromatic rings. The van der Waals surface area contributed by atoms with Crippen LogP contribution in [0, 0.1) is 0 Å². The van der Waals surface area contributed by atoms with Gasteiger partial charge in [-0.1, -0.05) is 276 Å². The average molecular weight is 823 g/mol. The van der Waals surface area contributed by atoms with Crippen LogP contribution in [0.2, 0.25) is 0 Å². The largest absolute Gasteiger partial charge is 0.139 e. The highest BCUT2D eigenvalue weighted by Crippen LogP contribution is 2.49. The van der Waals surface area contributed by atoms with Crippen molar-refractivity contribution in [2.75, 3.05) is 0 Å². The molecule has 4 atom stereocenters. The topological polar surface area (TPSA) is 0 Å². The second-order valence-corrected chi connectivity index (χ2v) is 25.8. The lowest BCUT2D eigenvalue weighted by atomic mass is 10.1. The molecule has 4 aliphatic carbocycles. The van der Waals surface area contributed by atoms with Crippen molar-refractivity contribution in [1.29, 1.82) is 0 Å². The molecule has 0 aliphatic heterocycles. The van der Waals surface area contributed by atoms with Crippen LogP contribution in [-0.2, 0) is 0 Å². The van der Waals surface area contributed by atoms with Crippen LogP contribution in [0.25, 0.3) is 35.4 Å². The fourth-order valence-electron chi connectivity index (χ4n) is 12.0. The third kappa shape index (κ3) is 5.57. The van der Waals surface area contributed by atoms with E-state index >= 15 is 0 Å². The first-order chi connectivity index (χ1) is 30.7. The van der Waals surface area contributed by atoms with Gasteiger partial charge in [0, 0.05) is 22.2 Å². The first-order valence-electron chi connectivity index (χ1n) is 22.2. The molecule has 0 saturated carbocycles. The minimum atomic E-state index is -2.65. The quantitative estimate of drug-likeness (QED) is 0.127. The smallest absolute Gasteiger partial charge is 0.0784 e. The minimum Gasteiger partial charge on any atom is -0.0784 e. The molecular formula is C60H46Si2. The molecule has 8 aromatic carbocycles. The van der Waals surface area contributed by atoms with E-state index in [9.17, 15) is 0 Å².